The average molecular weight is 294 g/mol. The molecule has 21 heavy (non-hydrogen) atoms. The van der Waals surface area contributed by atoms with E-state index in [-0.39, 0.29) is 11.7 Å². The first kappa shape index (κ1) is 16.1. The smallest absolute Gasteiger partial charge is 0.251 e. The maximum absolute atomic E-state index is 11.8. The molecule has 6 nitrogen and oxygen atoms in total. The summed E-state index contributed by atoms with van der Waals surface area (Å²) in [5.74, 6) is 0.633. The van der Waals surface area contributed by atoms with Gasteiger partial charge in [0.1, 0.15) is 11.9 Å². The van der Waals surface area contributed by atoms with Crippen molar-refractivity contribution in [1.29, 1.82) is 0 Å². The molecule has 1 aromatic rings. The van der Waals surface area contributed by atoms with E-state index in [1.54, 1.807) is 6.07 Å². The van der Waals surface area contributed by atoms with Crippen molar-refractivity contribution in [3.8, 4) is 0 Å². The Balaban J connectivity index is 2.13. The zero-order valence-electron chi connectivity index (χ0n) is 13.3. The topological polar surface area (TPSA) is 70.2 Å². The molecule has 1 aromatic heterocycles. The molecular formula is C15H26N4O2. The van der Waals surface area contributed by atoms with Gasteiger partial charge in [-0.2, -0.15) is 0 Å². The number of morpholine rings is 1. The highest BCUT2D eigenvalue weighted by atomic mass is 16.5. The molecular weight excluding hydrogens is 268 g/mol. The van der Waals surface area contributed by atoms with E-state index in [4.69, 9.17) is 4.74 Å². The molecule has 2 N–H and O–H groups in total. The van der Waals surface area contributed by atoms with Crippen molar-refractivity contribution in [2.75, 3.05) is 19.7 Å². The lowest BCUT2D eigenvalue weighted by Crippen LogP contribution is -2.43. The minimum Gasteiger partial charge on any atom is -0.368 e. The number of H-pyrrole nitrogens is 1. The van der Waals surface area contributed by atoms with Crippen LogP contribution in [-0.2, 0) is 11.3 Å². The summed E-state index contributed by atoms with van der Waals surface area (Å²) in [5.41, 5.74) is 0.638. The molecule has 1 aliphatic heterocycles. The van der Waals surface area contributed by atoms with Crippen molar-refractivity contribution in [2.24, 2.45) is 0 Å². The number of aromatic nitrogens is 2. The van der Waals surface area contributed by atoms with E-state index in [1.807, 2.05) is 0 Å². The van der Waals surface area contributed by atoms with E-state index in [0.29, 0.717) is 31.1 Å². The van der Waals surface area contributed by atoms with Crippen LogP contribution in [0.15, 0.2) is 10.9 Å². The molecule has 1 unspecified atom stereocenters. The van der Waals surface area contributed by atoms with Crippen molar-refractivity contribution < 1.29 is 4.74 Å². The molecule has 2 rings (SSSR count). The number of nitrogens with one attached hydrogen (secondary N) is 2. The number of nitrogens with zero attached hydrogens (tertiary/aromatic N) is 2. The largest absolute Gasteiger partial charge is 0.368 e. The Labute approximate surface area is 125 Å². The van der Waals surface area contributed by atoms with Gasteiger partial charge in [0.15, 0.2) is 0 Å². The molecule has 0 spiro atoms. The van der Waals surface area contributed by atoms with Gasteiger partial charge < -0.3 is 15.0 Å². The van der Waals surface area contributed by atoms with E-state index in [0.717, 1.165) is 18.8 Å². The SMILES string of the molecule is CC(C)NCc1cc(=O)[nH]c(C2CN(C(C)C)CCO2)n1. The second-order valence-corrected chi connectivity index (χ2v) is 6.11. The molecule has 0 amide bonds. The second-order valence-electron chi connectivity index (χ2n) is 6.11. The highest BCUT2D eigenvalue weighted by Crippen LogP contribution is 2.19. The van der Waals surface area contributed by atoms with E-state index >= 15 is 0 Å². The third kappa shape index (κ3) is 4.62. The number of hydrogen-bond acceptors (Lipinski definition) is 5. The van der Waals surface area contributed by atoms with Crippen LogP contribution < -0.4 is 10.9 Å². The third-order valence-corrected chi connectivity index (χ3v) is 3.64. The molecule has 0 aromatic carbocycles. The molecule has 1 saturated heterocycles. The van der Waals surface area contributed by atoms with Gasteiger partial charge in [-0.15, -0.1) is 0 Å². The van der Waals surface area contributed by atoms with Crippen LogP contribution in [0.25, 0.3) is 0 Å². The maximum Gasteiger partial charge on any atom is 0.251 e. The lowest BCUT2D eigenvalue weighted by atomic mass is 10.2. The summed E-state index contributed by atoms with van der Waals surface area (Å²) in [7, 11) is 0. The molecule has 0 saturated carbocycles. The monoisotopic (exact) mass is 294 g/mol. The number of aromatic amines is 1. The Morgan fingerprint density at radius 1 is 1.48 bits per heavy atom. The molecule has 1 fully saturated rings. The molecule has 1 atom stereocenters. The minimum absolute atomic E-state index is 0.120. The van der Waals surface area contributed by atoms with Crippen molar-refractivity contribution in [3.63, 3.8) is 0 Å². The lowest BCUT2D eigenvalue weighted by Gasteiger charge is -2.34. The first-order chi connectivity index (χ1) is 9.95. The maximum atomic E-state index is 11.8. The Hall–Kier alpha value is -1.24. The molecule has 1 aliphatic rings. The van der Waals surface area contributed by atoms with Crippen LogP contribution in [0.4, 0.5) is 0 Å². The van der Waals surface area contributed by atoms with Gasteiger partial charge >= 0.3 is 0 Å². The predicted octanol–water partition coefficient (Wildman–Crippen LogP) is 1.05. The van der Waals surface area contributed by atoms with Gasteiger partial charge in [-0.1, -0.05) is 13.8 Å². The molecule has 0 bridgehead atoms. The van der Waals surface area contributed by atoms with Gasteiger partial charge in [0, 0.05) is 37.8 Å². The van der Waals surface area contributed by atoms with Crippen LogP contribution in [-0.4, -0.2) is 46.6 Å². The summed E-state index contributed by atoms with van der Waals surface area (Å²) in [4.78, 5) is 21.5. The molecule has 2 heterocycles. The highest BCUT2D eigenvalue weighted by Gasteiger charge is 2.25. The second kappa shape index (κ2) is 7.15. The average Bonchev–Trinajstić information content (AvgIpc) is 2.44. The number of ether oxygens (including phenoxy) is 1. The fraction of sp³-hybridized carbons (Fsp3) is 0.733. The fourth-order valence-corrected chi connectivity index (χ4v) is 2.38. The van der Waals surface area contributed by atoms with E-state index < -0.39 is 0 Å². The van der Waals surface area contributed by atoms with Crippen molar-refractivity contribution in [3.05, 3.63) is 27.9 Å². The first-order valence-corrected chi connectivity index (χ1v) is 7.65. The van der Waals surface area contributed by atoms with Crippen molar-refractivity contribution in [1.82, 2.24) is 20.2 Å². The lowest BCUT2D eigenvalue weighted by molar-refractivity contribution is -0.0444. The minimum atomic E-state index is -0.159. The summed E-state index contributed by atoms with van der Waals surface area (Å²) in [6.45, 7) is 11.4. The van der Waals surface area contributed by atoms with Gasteiger partial charge in [-0.3, -0.25) is 9.69 Å². The summed E-state index contributed by atoms with van der Waals surface area (Å²) in [5, 5.41) is 3.28. The molecule has 0 aliphatic carbocycles. The first-order valence-electron chi connectivity index (χ1n) is 7.65. The van der Waals surface area contributed by atoms with Crippen LogP contribution in [0.1, 0.15) is 45.3 Å². The summed E-state index contributed by atoms with van der Waals surface area (Å²) >= 11 is 0. The van der Waals surface area contributed by atoms with Crippen LogP contribution in [0.2, 0.25) is 0 Å². The van der Waals surface area contributed by atoms with E-state index in [1.165, 1.54) is 0 Å². The van der Waals surface area contributed by atoms with Gasteiger partial charge in [0.05, 0.1) is 12.3 Å². The van der Waals surface area contributed by atoms with Crippen molar-refractivity contribution in [2.45, 2.75) is 52.4 Å². The Morgan fingerprint density at radius 2 is 2.24 bits per heavy atom. The van der Waals surface area contributed by atoms with Crippen molar-refractivity contribution >= 4 is 0 Å². The van der Waals surface area contributed by atoms with E-state index in [9.17, 15) is 4.79 Å². The third-order valence-electron chi connectivity index (χ3n) is 3.64. The normalized spacial score (nSPS) is 20.4. The molecule has 118 valence electrons. The van der Waals surface area contributed by atoms with Gasteiger partial charge in [-0.25, -0.2) is 4.98 Å². The van der Waals surface area contributed by atoms with Crippen LogP contribution in [0, 0.1) is 0 Å². The number of hydrogen-bond donors (Lipinski definition) is 2. The van der Waals surface area contributed by atoms with Crippen LogP contribution >= 0.6 is 0 Å². The van der Waals surface area contributed by atoms with Gasteiger partial charge in [0.25, 0.3) is 5.56 Å². The zero-order valence-corrected chi connectivity index (χ0v) is 13.3. The van der Waals surface area contributed by atoms with Gasteiger partial charge in [-0.05, 0) is 13.8 Å². The Kier molecular flexibility index (Phi) is 5.50. The quantitative estimate of drug-likeness (QED) is 0.849. The predicted molar refractivity (Wildman–Crippen MR) is 82.2 cm³/mol. The summed E-state index contributed by atoms with van der Waals surface area (Å²) < 4.78 is 5.79. The standard InChI is InChI=1S/C15H26N4O2/c1-10(2)16-8-12-7-14(20)18-15(17-12)13-9-19(11(3)4)5-6-21-13/h7,10-11,13,16H,5-6,8-9H2,1-4H3,(H,17,18,20). The Bertz CT molecular complexity index is 513. The summed E-state index contributed by atoms with van der Waals surface area (Å²) in [6.07, 6.45) is -0.159. The van der Waals surface area contributed by atoms with Crippen LogP contribution in [0.5, 0.6) is 0 Å². The number of rotatable bonds is 5. The van der Waals surface area contributed by atoms with Crippen LogP contribution in [0.3, 0.4) is 0 Å². The zero-order chi connectivity index (χ0) is 15.4. The highest BCUT2D eigenvalue weighted by molar-refractivity contribution is 5.05. The molecule has 0 radical (unpaired) electrons. The summed E-state index contributed by atoms with van der Waals surface area (Å²) in [6, 6.07) is 2.37. The Morgan fingerprint density at radius 3 is 2.90 bits per heavy atom. The fourth-order valence-electron chi connectivity index (χ4n) is 2.38. The van der Waals surface area contributed by atoms with Gasteiger partial charge in [0.2, 0.25) is 0 Å². The molecule has 6 heteroatoms. The van der Waals surface area contributed by atoms with E-state index in [2.05, 4.69) is 47.9 Å².